The molecule has 0 unspecified atom stereocenters. The summed E-state index contributed by atoms with van der Waals surface area (Å²) >= 11 is 1.42. The largest absolute Gasteiger partial charge is 0.378 e. The molecular weight excluding hydrogens is 374 g/mol. The molecule has 0 saturated carbocycles. The highest BCUT2D eigenvalue weighted by atomic mass is 32.2. The van der Waals surface area contributed by atoms with Crippen LogP contribution >= 0.6 is 11.8 Å². The summed E-state index contributed by atoms with van der Waals surface area (Å²) in [6.45, 7) is 10.2. The van der Waals surface area contributed by atoms with Gasteiger partial charge in [-0.25, -0.2) is 0 Å². The van der Waals surface area contributed by atoms with Gasteiger partial charge in [-0.3, -0.25) is 9.36 Å². The molecule has 3 rings (SSSR count). The molecule has 1 aromatic carbocycles. The summed E-state index contributed by atoms with van der Waals surface area (Å²) in [5.41, 5.74) is 2.07. The number of hydrogen-bond donors (Lipinski definition) is 1. The van der Waals surface area contributed by atoms with Crippen molar-refractivity contribution >= 4 is 29.3 Å². The number of rotatable bonds is 8. The summed E-state index contributed by atoms with van der Waals surface area (Å²) in [7, 11) is 0. The van der Waals surface area contributed by atoms with Crippen molar-refractivity contribution in [2.24, 2.45) is 0 Å². The van der Waals surface area contributed by atoms with Crippen LogP contribution in [0.1, 0.15) is 38.7 Å². The van der Waals surface area contributed by atoms with Gasteiger partial charge in [0.2, 0.25) is 11.9 Å². The molecule has 1 atom stereocenters. The maximum absolute atomic E-state index is 12.5. The van der Waals surface area contributed by atoms with Crippen molar-refractivity contribution < 1.29 is 9.53 Å². The summed E-state index contributed by atoms with van der Waals surface area (Å²) in [6.07, 6.45) is 1.03. The number of hydrogen-bond acceptors (Lipinski definition) is 6. The molecule has 152 valence electrons. The molecule has 2 heterocycles. The Morgan fingerprint density at radius 1 is 1.25 bits per heavy atom. The molecule has 0 spiro atoms. The van der Waals surface area contributed by atoms with Crippen molar-refractivity contribution in [2.75, 3.05) is 42.3 Å². The SMILES string of the molecule is CC[C@@H](C)c1ccccc1NC(=O)CSc1nnc(N2CCOCC2)n1CC. The van der Waals surface area contributed by atoms with E-state index in [0.717, 1.165) is 42.8 Å². The zero-order chi connectivity index (χ0) is 19.9. The topological polar surface area (TPSA) is 72.3 Å². The predicted molar refractivity (Wildman–Crippen MR) is 113 cm³/mol. The number of ether oxygens (including phenoxy) is 1. The monoisotopic (exact) mass is 403 g/mol. The average Bonchev–Trinajstić information content (AvgIpc) is 3.15. The Kier molecular flexibility index (Phi) is 7.33. The number of anilines is 2. The molecule has 1 aliphatic rings. The zero-order valence-corrected chi connectivity index (χ0v) is 17.7. The van der Waals surface area contributed by atoms with Crippen LogP contribution in [-0.2, 0) is 16.1 Å². The van der Waals surface area contributed by atoms with Crippen LogP contribution in [0.3, 0.4) is 0 Å². The quantitative estimate of drug-likeness (QED) is 0.681. The Balaban J connectivity index is 1.63. The Bertz CT molecular complexity index is 789. The third-order valence-electron chi connectivity index (χ3n) is 5.02. The van der Waals surface area contributed by atoms with E-state index in [1.54, 1.807) is 0 Å². The number of carbonyl (C=O) groups is 1. The van der Waals surface area contributed by atoms with E-state index >= 15 is 0 Å². The van der Waals surface area contributed by atoms with Crippen LogP contribution in [0, 0.1) is 0 Å². The highest BCUT2D eigenvalue weighted by Crippen LogP contribution is 2.27. The predicted octanol–water partition coefficient (Wildman–Crippen LogP) is 3.38. The van der Waals surface area contributed by atoms with Crippen molar-refractivity contribution in [3.05, 3.63) is 29.8 Å². The van der Waals surface area contributed by atoms with Crippen molar-refractivity contribution in [1.82, 2.24) is 14.8 Å². The van der Waals surface area contributed by atoms with Gasteiger partial charge in [-0.1, -0.05) is 43.8 Å². The molecule has 1 aromatic heterocycles. The molecule has 0 bridgehead atoms. The first-order chi connectivity index (χ1) is 13.6. The number of benzene rings is 1. The van der Waals surface area contributed by atoms with E-state index < -0.39 is 0 Å². The fraction of sp³-hybridized carbons (Fsp3) is 0.550. The van der Waals surface area contributed by atoms with Crippen molar-refractivity contribution in [3.63, 3.8) is 0 Å². The molecular formula is C20H29N5O2S. The van der Waals surface area contributed by atoms with Gasteiger partial charge in [0, 0.05) is 25.3 Å². The normalized spacial score (nSPS) is 15.5. The second-order valence-electron chi connectivity index (χ2n) is 6.86. The lowest BCUT2D eigenvalue weighted by molar-refractivity contribution is -0.113. The minimum Gasteiger partial charge on any atom is -0.378 e. The maximum Gasteiger partial charge on any atom is 0.234 e. The molecule has 1 N–H and O–H groups in total. The first-order valence-electron chi connectivity index (χ1n) is 9.91. The molecule has 28 heavy (non-hydrogen) atoms. The summed E-state index contributed by atoms with van der Waals surface area (Å²) in [5, 5.41) is 12.5. The molecule has 2 aromatic rings. The summed E-state index contributed by atoms with van der Waals surface area (Å²) in [4.78, 5) is 14.7. The van der Waals surface area contributed by atoms with Gasteiger partial charge in [-0.15, -0.1) is 10.2 Å². The Morgan fingerprint density at radius 3 is 2.71 bits per heavy atom. The van der Waals surface area contributed by atoms with Crippen molar-refractivity contribution in [3.8, 4) is 0 Å². The van der Waals surface area contributed by atoms with Gasteiger partial charge in [-0.05, 0) is 30.9 Å². The van der Waals surface area contributed by atoms with Crippen molar-refractivity contribution in [1.29, 1.82) is 0 Å². The second-order valence-corrected chi connectivity index (χ2v) is 7.80. The molecule has 0 radical (unpaired) electrons. The number of aromatic nitrogens is 3. The molecule has 1 fully saturated rings. The first kappa shape index (κ1) is 20.7. The average molecular weight is 404 g/mol. The van der Waals surface area contributed by atoms with Crippen LogP contribution in [0.15, 0.2) is 29.4 Å². The number of morpholine rings is 1. The Hall–Kier alpha value is -2.06. The van der Waals surface area contributed by atoms with Crippen LogP contribution in [0.2, 0.25) is 0 Å². The third kappa shape index (κ3) is 4.86. The van der Waals surface area contributed by atoms with E-state index in [4.69, 9.17) is 4.74 Å². The number of amides is 1. The number of thioether (sulfide) groups is 1. The lowest BCUT2D eigenvalue weighted by atomic mass is 9.97. The number of nitrogens with zero attached hydrogens (tertiary/aromatic N) is 4. The number of para-hydroxylation sites is 1. The van der Waals surface area contributed by atoms with Gasteiger partial charge < -0.3 is 15.0 Å². The first-order valence-corrected chi connectivity index (χ1v) is 10.9. The number of carbonyl (C=O) groups excluding carboxylic acids is 1. The van der Waals surface area contributed by atoms with E-state index in [2.05, 4.69) is 51.8 Å². The van der Waals surface area contributed by atoms with E-state index in [-0.39, 0.29) is 5.91 Å². The van der Waals surface area contributed by atoms with Gasteiger partial charge >= 0.3 is 0 Å². The fourth-order valence-corrected chi connectivity index (χ4v) is 4.04. The molecule has 8 heteroatoms. The van der Waals surface area contributed by atoms with Crippen LogP contribution in [0.25, 0.3) is 0 Å². The van der Waals surface area contributed by atoms with Crippen LogP contribution < -0.4 is 10.2 Å². The van der Waals surface area contributed by atoms with E-state index in [9.17, 15) is 4.79 Å². The standard InChI is InChI=1S/C20H29N5O2S/c1-4-15(3)16-8-6-7-9-17(16)21-18(26)14-28-20-23-22-19(25(20)5-2)24-10-12-27-13-11-24/h6-9,15H,4-5,10-14H2,1-3H3,(H,21,26)/t15-/m1/s1. The summed E-state index contributed by atoms with van der Waals surface area (Å²) < 4.78 is 7.48. The highest BCUT2D eigenvalue weighted by Gasteiger charge is 2.20. The maximum atomic E-state index is 12.5. The van der Waals surface area contributed by atoms with Gasteiger partial charge in [0.1, 0.15) is 0 Å². The lowest BCUT2D eigenvalue weighted by Gasteiger charge is -2.27. The molecule has 1 amide bonds. The molecule has 1 aliphatic heterocycles. The van der Waals surface area contributed by atoms with Crippen LogP contribution in [0.5, 0.6) is 0 Å². The summed E-state index contributed by atoms with van der Waals surface area (Å²) in [6, 6.07) is 8.02. The Labute approximate surface area is 170 Å². The minimum absolute atomic E-state index is 0.0284. The van der Waals surface area contributed by atoms with E-state index in [1.165, 1.54) is 17.3 Å². The van der Waals surface area contributed by atoms with Gasteiger partial charge in [0.05, 0.1) is 19.0 Å². The van der Waals surface area contributed by atoms with Gasteiger partial charge in [0.25, 0.3) is 0 Å². The van der Waals surface area contributed by atoms with Gasteiger partial charge in [0.15, 0.2) is 5.16 Å². The minimum atomic E-state index is -0.0284. The van der Waals surface area contributed by atoms with E-state index in [1.807, 2.05) is 18.2 Å². The second kappa shape index (κ2) is 9.93. The van der Waals surface area contributed by atoms with Gasteiger partial charge in [-0.2, -0.15) is 0 Å². The molecule has 7 nitrogen and oxygen atoms in total. The zero-order valence-electron chi connectivity index (χ0n) is 16.9. The summed E-state index contributed by atoms with van der Waals surface area (Å²) in [5.74, 6) is 1.54. The number of nitrogens with one attached hydrogen (secondary N) is 1. The van der Waals surface area contributed by atoms with Crippen LogP contribution in [0.4, 0.5) is 11.6 Å². The lowest BCUT2D eigenvalue weighted by Crippen LogP contribution is -2.38. The van der Waals surface area contributed by atoms with Crippen molar-refractivity contribution in [2.45, 2.75) is 44.8 Å². The molecule has 1 saturated heterocycles. The third-order valence-corrected chi connectivity index (χ3v) is 5.98. The van der Waals surface area contributed by atoms with Crippen LogP contribution in [-0.4, -0.2) is 52.7 Å². The van der Waals surface area contributed by atoms with E-state index in [0.29, 0.717) is 24.9 Å². The molecule has 0 aliphatic carbocycles. The smallest absolute Gasteiger partial charge is 0.234 e. The Morgan fingerprint density at radius 2 is 2.00 bits per heavy atom. The highest BCUT2D eigenvalue weighted by molar-refractivity contribution is 7.99. The fourth-order valence-electron chi connectivity index (χ4n) is 3.24.